The predicted molar refractivity (Wildman–Crippen MR) is 123 cm³/mol. The van der Waals surface area contributed by atoms with E-state index in [9.17, 15) is 0 Å². The van der Waals surface area contributed by atoms with Crippen molar-refractivity contribution in [3.63, 3.8) is 0 Å². The number of hydrogen-bond donors (Lipinski definition) is 2. The third-order valence-corrected chi connectivity index (χ3v) is 5.05. The van der Waals surface area contributed by atoms with E-state index >= 15 is 0 Å². The molecule has 28 heavy (non-hydrogen) atoms. The molecule has 2 aromatic carbocycles. The van der Waals surface area contributed by atoms with Crippen LogP contribution in [-0.2, 0) is 13.0 Å². The molecule has 0 radical (unpaired) electrons. The number of halogens is 2. The zero-order valence-electron chi connectivity index (χ0n) is 15.6. The maximum absolute atomic E-state index is 6.23. The van der Waals surface area contributed by atoms with Gasteiger partial charge in [-0.15, -0.1) is 0 Å². The molecular formula is C21H22Cl2N4S. The third kappa shape index (κ3) is 5.96. The van der Waals surface area contributed by atoms with Gasteiger partial charge in [-0.05, 0) is 60.5 Å². The van der Waals surface area contributed by atoms with Gasteiger partial charge in [-0.25, -0.2) is 0 Å². The molecule has 1 aromatic heterocycles. The zero-order valence-corrected chi connectivity index (χ0v) is 17.9. The molecule has 0 fully saturated rings. The van der Waals surface area contributed by atoms with E-state index in [1.807, 2.05) is 36.5 Å². The third-order valence-electron chi connectivity index (χ3n) is 4.26. The maximum Gasteiger partial charge on any atom is 0.176 e. The van der Waals surface area contributed by atoms with Crippen molar-refractivity contribution >= 4 is 52.0 Å². The molecule has 1 heterocycles. The minimum atomic E-state index is 0.496. The van der Waals surface area contributed by atoms with Crippen molar-refractivity contribution in [1.29, 1.82) is 0 Å². The molecule has 0 aliphatic heterocycles. The van der Waals surface area contributed by atoms with Gasteiger partial charge in [-0.3, -0.25) is 4.68 Å². The van der Waals surface area contributed by atoms with E-state index in [0.29, 0.717) is 27.5 Å². The number of nitrogens with one attached hydrogen (secondary N) is 2. The summed E-state index contributed by atoms with van der Waals surface area (Å²) in [6.07, 6.45) is 5.38. The van der Waals surface area contributed by atoms with E-state index in [2.05, 4.69) is 34.8 Å². The summed E-state index contributed by atoms with van der Waals surface area (Å²) in [6.45, 7) is 2.75. The number of hydrogen-bond acceptors (Lipinski definition) is 2. The number of aromatic nitrogens is 2. The van der Waals surface area contributed by atoms with Crippen molar-refractivity contribution in [1.82, 2.24) is 9.78 Å². The fourth-order valence-electron chi connectivity index (χ4n) is 2.76. The van der Waals surface area contributed by atoms with Crippen LogP contribution in [0.25, 0.3) is 0 Å². The summed E-state index contributed by atoms with van der Waals surface area (Å²) in [5, 5.41) is 12.5. The first-order valence-electron chi connectivity index (χ1n) is 9.18. The second-order valence-corrected chi connectivity index (χ2v) is 7.77. The Morgan fingerprint density at radius 2 is 1.86 bits per heavy atom. The minimum absolute atomic E-state index is 0.496. The molecule has 146 valence electrons. The molecule has 0 saturated heterocycles. The Labute approximate surface area is 180 Å². The highest BCUT2D eigenvalue weighted by Gasteiger charge is 2.06. The molecule has 0 aliphatic rings. The minimum Gasteiger partial charge on any atom is -0.332 e. The fraction of sp³-hybridized carbons (Fsp3) is 0.238. The Balaban J connectivity index is 1.55. The molecule has 3 aromatic rings. The van der Waals surface area contributed by atoms with Crippen LogP contribution in [0.4, 0.5) is 11.5 Å². The summed E-state index contributed by atoms with van der Waals surface area (Å²) in [7, 11) is 0. The van der Waals surface area contributed by atoms with Crippen LogP contribution in [0.15, 0.2) is 54.7 Å². The Kier molecular flexibility index (Phi) is 7.31. The van der Waals surface area contributed by atoms with Gasteiger partial charge < -0.3 is 10.6 Å². The lowest BCUT2D eigenvalue weighted by molar-refractivity contribution is 0.690. The van der Waals surface area contributed by atoms with Gasteiger partial charge in [0.25, 0.3) is 0 Å². The molecule has 0 saturated carbocycles. The molecule has 0 amide bonds. The van der Waals surface area contributed by atoms with Gasteiger partial charge in [0.05, 0.1) is 6.54 Å². The van der Waals surface area contributed by atoms with Crippen molar-refractivity contribution < 1.29 is 0 Å². The van der Waals surface area contributed by atoms with Gasteiger partial charge >= 0.3 is 0 Å². The normalized spacial score (nSPS) is 10.7. The standard InChI is InChI=1S/C21H22Cl2N4S/c1-2-3-4-15-5-9-18(10-6-15)24-21(28)25-20-11-12-27(26-20)14-16-7-8-17(22)13-19(16)23/h5-13H,2-4,14H2,1H3,(H2,24,25,26,28). The van der Waals surface area contributed by atoms with E-state index < -0.39 is 0 Å². The van der Waals surface area contributed by atoms with Gasteiger partial charge in [0.2, 0.25) is 0 Å². The fourth-order valence-corrected chi connectivity index (χ4v) is 3.45. The Morgan fingerprint density at radius 1 is 1.07 bits per heavy atom. The molecular weight excluding hydrogens is 411 g/mol. The summed E-state index contributed by atoms with van der Waals surface area (Å²) < 4.78 is 1.79. The first-order chi connectivity index (χ1) is 13.5. The first-order valence-corrected chi connectivity index (χ1v) is 10.3. The van der Waals surface area contributed by atoms with Gasteiger partial charge in [-0.2, -0.15) is 5.10 Å². The van der Waals surface area contributed by atoms with Crippen LogP contribution in [0.1, 0.15) is 30.9 Å². The summed E-state index contributed by atoms with van der Waals surface area (Å²) >= 11 is 17.6. The van der Waals surface area contributed by atoms with Gasteiger partial charge in [0, 0.05) is 28.0 Å². The van der Waals surface area contributed by atoms with Crippen LogP contribution in [0, 0.1) is 0 Å². The average molecular weight is 433 g/mol. The first kappa shape index (κ1) is 20.6. The number of thiocarbonyl (C=S) groups is 1. The van der Waals surface area contributed by atoms with Gasteiger partial charge in [-0.1, -0.05) is 54.7 Å². The molecule has 2 N–H and O–H groups in total. The number of rotatable bonds is 7. The van der Waals surface area contributed by atoms with Crippen LogP contribution < -0.4 is 10.6 Å². The molecule has 0 unspecified atom stereocenters. The van der Waals surface area contributed by atoms with Crippen molar-refractivity contribution in [3.05, 3.63) is 75.9 Å². The van der Waals surface area contributed by atoms with Gasteiger partial charge in [0.1, 0.15) is 0 Å². The van der Waals surface area contributed by atoms with Crippen molar-refractivity contribution in [2.75, 3.05) is 10.6 Å². The van der Waals surface area contributed by atoms with E-state index in [4.69, 9.17) is 35.4 Å². The van der Waals surface area contributed by atoms with E-state index in [1.54, 1.807) is 10.7 Å². The Bertz CT molecular complexity index is 938. The number of benzene rings is 2. The van der Waals surface area contributed by atoms with Crippen LogP contribution in [0.3, 0.4) is 0 Å². The molecule has 7 heteroatoms. The predicted octanol–water partition coefficient (Wildman–Crippen LogP) is 6.39. The van der Waals surface area contributed by atoms with Gasteiger partial charge in [0.15, 0.2) is 10.9 Å². The molecule has 0 bridgehead atoms. The monoisotopic (exact) mass is 432 g/mol. The maximum atomic E-state index is 6.23. The number of nitrogens with zero attached hydrogens (tertiary/aromatic N) is 2. The second kappa shape index (κ2) is 9.92. The molecule has 0 atom stereocenters. The molecule has 0 aliphatic carbocycles. The van der Waals surface area contributed by atoms with Crippen LogP contribution in [0.2, 0.25) is 10.0 Å². The summed E-state index contributed by atoms with van der Waals surface area (Å²) in [4.78, 5) is 0. The summed E-state index contributed by atoms with van der Waals surface area (Å²) in [5.74, 6) is 0.669. The van der Waals surface area contributed by atoms with Crippen LogP contribution in [0.5, 0.6) is 0 Å². The lowest BCUT2D eigenvalue weighted by Gasteiger charge is -2.09. The van der Waals surface area contributed by atoms with Crippen molar-refractivity contribution in [2.45, 2.75) is 32.7 Å². The molecule has 4 nitrogen and oxygen atoms in total. The van der Waals surface area contributed by atoms with E-state index in [-0.39, 0.29) is 0 Å². The zero-order chi connectivity index (χ0) is 19.9. The van der Waals surface area contributed by atoms with Crippen LogP contribution in [-0.4, -0.2) is 14.9 Å². The Hall–Kier alpha value is -2.08. The highest BCUT2D eigenvalue weighted by molar-refractivity contribution is 7.80. The van der Waals surface area contributed by atoms with Crippen LogP contribution >= 0.6 is 35.4 Å². The number of aryl methyl sites for hydroxylation is 1. The lowest BCUT2D eigenvalue weighted by atomic mass is 10.1. The second-order valence-electron chi connectivity index (χ2n) is 6.51. The topological polar surface area (TPSA) is 41.9 Å². The van der Waals surface area contributed by atoms with Crippen molar-refractivity contribution in [3.8, 4) is 0 Å². The highest BCUT2D eigenvalue weighted by Crippen LogP contribution is 2.22. The van der Waals surface area contributed by atoms with E-state index in [1.165, 1.54) is 18.4 Å². The SMILES string of the molecule is CCCCc1ccc(NC(=S)Nc2ccn(Cc3ccc(Cl)cc3Cl)n2)cc1. The smallest absolute Gasteiger partial charge is 0.176 e. The van der Waals surface area contributed by atoms with Crippen molar-refractivity contribution in [2.24, 2.45) is 0 Å². The molecule has 0 spiro atoms. The highest BCUT2D eigenvalue weighted by atomic mass is 35.5. The number of anilines is 2. The average Bonchev–Trinajstić information content (AvgIpc) is 3.10. The summed E-state index contributed by atoms with van der Waals surface area (Å²) in [5.41, 5.74) is 3.24. The quantitative estimate of drug-likeness (QED) is 0.424. The Morgan fingerprint density at radius 3 is 2.57 bits per heavy atom. The van der Waals surface area contributed by atoms with E-state index in [0.717, 1.165) is 17.7 Å². The summed E-state index contributed by atoms with van der Waals surface area (Å²) in [6, 6.07) is 15.7. The lowest BCUT2D eigenvalue weighted by Crippen LogP contribution is -2.19. The number of unbranched alkanes of at least 4 members (excludes halogenated alkanes) is 1. The molecule has 3 rings (SSSR count). The largest absolute Gasteiger partial charge is 0.332 e.